The highest BCUT2D eigenvalue weighted by Crippen LogP contribution is 2.43. The number of anilines is 1. The molecule has 12 heteroatoms. The van der Waals surface area contributed by atoms with Crippen molar-refractivity contribution in [1.29, 1.82) is 0 Å². The number of nitrogens with one attached hydrogen (secondary N) is 2. The molecule has 45 heavy (non-hydrogen) atoms. The Bertz CT molecular complexity index is 1790. The molecule has 12 nitrogen and oxygen atoms in total. The SMILES string of the molecule is COc1ccccc1C(=O)Nc1cccc(-c2cc(=O)c3c(OCC(=O)NCC(=O)OC(C)(C)C)c(OC)c(OC)cc3o2)c1. The average molecular weight is 619 g/mol. The third-order valence-electron chi connectivity index (χ3n) is 6.27. The van der Waals surface area contributed by atoms with Crippen molar-refractivity contribution >= 4 is 34.4 Å². The van der Waals surface area contributed by atoms with E-state index in [2.05, 4.69) is 10.6 Å². The molecule has 0 saturated carbocycles. The summed E-state index contributed by atoms with van der Waals surface area (Å²) in [5.41, 5.74) is 0.228. The van der Waals surface area contributed by atoms with Crippen molar-refractivity contribution in [2.24, 2.45) is 0 Å². The Kier molecular flexibility index (Phi) is 9.97. The van der Waals surface area contributed by atoms with Gasteiger partial charge in [0, 0.05) is 23.4 Å². The highest BCUT2D eigenvalue weighted by Gasteiger charge is 2.23. The summed E-state index contributed by atoms with van der Waals surface area (Å²) in [6, 6.07) is 16.3. The van der Waals surface area contributed by atoms with E-state index in [1.54, 1.807) is 69.3 Å². The van der Waals surface area contributed by atoms with Gasteiger partial charge in [0.2, 0.25) is 5.75 Å². The van der Waals surface area contributed by atoms with Crippen molar-refractivity contribution in [3.05, 3.63) is 76.5 Å². The zero-order chi connectivity index (χ0) is 32.7. The molecule has 0 aliphatic rings. The lowest BCUT2D eigenvalue weighted by molar-refractivity contribution is -0.154. The van der Waals surface area contributed by atoms with Crippen molar-refractivity contribution < 1.29 is 42.5 Å². The Morgan fingerprint density at radius 3 is 2.27 bits per heavy atom. The first-order valence-electron chi connectivity index (χ1n) is 13.8. The van der Waals surface area contributed by atoms with E-state index in [1.807, 2.05) is 0 Å². The first kappa shape index (κ1) is 32.4. The minimum Gasteiger partial charge on any atom is -0.496 e. The van der Waals surface area contributed by atoms with Crippen LogP contribution < -0.4 is 35.0 Å². The maximum absolute atomic E-state index is 13.5. The van der Waals surface area contributed by atoms with E-state index < -0.39 is 29.5 Å². The molecule has 1 heterocycles. The van der Waals surface area contributed by atoms with Gasteiger partial charge in [-0.3, -0.25) is 19.2 Å². The molecule has 4 rings (SSSR count). The van der Waals surface area contributed by atoms with Crippen LogP contribution in [0.25, 0.3) is 22.3 Å². The average Bonchev–Trinajstić information content (AvgIpc) is 3.01. The summed E-state index contributed by atoms with van der Waals surface area (Å²) in [6.45, 7) is 4.23. The number of hydrogen-bond donors (Lipinski definition) is 2. The summed E-state index contributed by atoms with van der Waals surface area (Å²) in [6.07, 6.45) is 0. The molecule has 236 valence electrons. The molecule has 0 radical (unpaired) electrons. The van der Waals surface area contributed by atoms with Crippen molar-refractivity contribution in [2.75, 3.05) is 39.8 Å². The molecule has 1 aromatic heterocycles. The fraction of sp³-hybridized carbons (Fsp3) is 0.273. The van der Waals surface area contributed by atoms with Gasteiger partial charge in [0.05, 0.1) is 26.9 Å². The Hall–Kier alpha value is -5.52. The van der Waals surface area contributed by atoms with E-state index in [-0.39, 0.29) is 46.4 Å². The Morgan fingerprint density at radius 1 is 0.844 bits per heavy atom. The van der Waals surface area contributed by atoms with Gasteiger partial charge in [-0.1, -0.05) is 24.3 Å². The topological polar surface area (TPSA) is 152 Å². The number of carbonyl (C=O) groups is 3. The number of benzene rings is 3. The molecule has 0 saturated heterocycles. The molecular weight excluding hydrogens is 584 g/mol. The van der Waals surface area contributed by atoms with Gasteiger partial charge in [0.15, 0.2) is 23.5 Å². The van der Waals surface area contributed by atoms with Crippen molar-refractivity contribution in [3.8, 4) is 34.3 Å². The van der Waals surface area contributed by atoms with E-state index in [9.17, 15) is 19.2 Å². The third-order valence-corrected chi connectivity index (χ3v) is 6.27. The van der Waals surface area contributed by atoms with Crippen LogP contribution in [0, 0.1) is 0 Å². The molecule has 2 N–H and O–H groups in total. The number of amides is 2. The Morgan fingerprint density at radius 2 is 1.58 bits per heavy atom. The minimum atomic E-state index is -0.705. The summed E-state index contributed by atoms with van der Waals surface area (Å²) >= 11 is 0. The summed E-state index contributed by atoms with van der Waals surface area (Å²) in [4.78, 5) is 50.9. The second kappa shape index (κ2) is 13.8. The molecule has 0 spiro atoms. The number of para-hydroxylation sites is 1. The van der Waals surface area contributed by atoms with Crippen molar-refractivity contribution in [1.82, 2.24) is 5.32 Å². The lowest BCUT2D eigenvalue weighted by Crippen LogP contribution is -2.36. The number of ether oxygens (including phenoxy) is 5. The lowest BCUT2D eigenvalue weighted by atomic mass is 10.1. The first-order valence-corrected chi connectivity index (χ1v) is 13.8. The molecule has 0 unspecified atom stereocenters. The molecule has 0 atom stereocenters. The van der Waals surface area contributed by atoms with Crippen LogP contribution in [0.3, 0.4) is 0 Å². The largest absolute Gasteiger partial charge is 0.496 e. The summed E-state index contributed by atoms with van der Waals surface area (Å²) < 4.78 is 33.2. The Balaban J connectivity index is 1.62. The number of methoxy groups -OCH3 is 3. The maximum atomic E-state index is 13.5. The molecular formula is C33H34N2O10. The number of carbonyl (C=O) groups excluding carboxylic acids is 3. The number of fused-ring (bicyclic) bond motifs is 1. The molecule has 4 aromatic rings. The van der Waals surface area contributed by atoms with Crippen LogP contribution in [0.15, 0.2) is 69.9 Å². The summed E-state index contributed by atoms with van der Waals surface area (Å²) in [5, 5.41) is 5.26. The van der Waals surface area contributed by atoms with Crippen molar-refractivity contribution in [2.45, 2.75) is 26.4 Å². The minimum absolute atomic E-state index is 0.0111. The molecule has 0 aliphatic carbocycles. The van der Waals surface area contributed by atoms with Gasteiger partial charge in [-0.2, -0.15) is 0 Å². The zero-order valence-electron chi connectivity index (χ0n) is 25.8. The molecule has 0 bridgehead atoms. The monoisotopic (exact) mass is 618 g/mol. The molecule has 0 aliphatic heterocycles. The first-order chi connectivity index (χ1) is 21.4. The number of rotatable bonds is 11. The van der Waals surface area contributed by atoms with E-state index in [0.29, 0.717) is 22.6 Å². The fourth-order valence-corrected chi connectivity index (χ4v) is 4.39. The normalized spacial score (nSPS) is 11.0. The van der Waals surface area contributed by atoms with Crippen LogP contribution >= 0.6 is 0 Å². The van der Waals surface area contributed by atoms with Crippen LogP contribution in [0.4, 0.5) is 5.69 Å². The van der Waals surface area contributed by atoms with Gasteiger partial charge in [-0.15, -0.1) is 0 Å². The lowest BCUT2D eigenvalue weighted by Gasteiger charge is -2.19. The zero-order valence-corrected chi connectivity index (χ0v) is 25.8. The summed E-state index contributed by atoms with van der Waals surface area (Å²) in [5.74, 6) is -0.804. The highest BCUT2D eigenvalue weighted by atomic mass is 16.6. The highest BCUT2D eigenvalue weighted by molar-refractivity contribution is 6.06. The predicted molar refractivity (Wildman–Crippen MR) is 166 cm³/mol. The van der Waals surface area contributed by atoms with Gasteiger partial charge in [-0.25, -0.2) is 0 Å². The van der Waals surface area contributed by atoms with E-state index in [4.69, 9.17) is 28.1 Å². The fourth-order valence-electron chi connectivity index (χ4n) is 4.39. The van der Waals surface area contributed by atoms with Crippen LogP contribution in [-0.2, 0) is 14.3 Å². The quantitative estimate of drug-likeness (QED) is 0.229. The van der Waals surface area contributed by atoms with Crippen LogP contribution in [-0.4, -0.2) is 57.9 Å². The maximum Gasteiger partial charge on any atom is 0.325 e. The number of hydrogen-bond acceptors (Lipinski definition) is 10. The van der Waals surface area contributed by atoms with Gasteiger partial charge in [0.25, 0.3) is 11.8 Å². The van der Waals surface area contributed by atoms with Crippen LogP contribution in [0.1, 0.15) is 31.1 Å². The second-order valence-corrected chi connectivity index (χ2v) is 10.7. The van der Waals surface area contributed by atoms with Gasteiger partial charge in [-0.05, 0) is 45.0 Å². The van der Waals surface area contributed by atoms with Gasteiger partial charge < -0.3 is 38.7 Å². The third kappa shape index (κ3) is 7.91. The van der Waals surface area contributed by atoms with Crippen LogP contribution in [0.2, 0.25) is 0 Å². The Labute approximate surface area is 259 Å². The second-order valence-electron chi connectivity index (χ2n) is 10.7. The van der Waals surface area contributed by atoms with Crippen molar-refractivity contribution in [3.63, 3.8) is 0 Å². The molecule has 2 amide bonds. The number of esters is 1. The standard InChI is InChI=1S/C33H34N2O10/c1-33(2,3)45-28(38)17-34-27(37)18-43-31-29-22(36)15-24(44-25(29)16-26(41-5)30(31)42-6)19-10-9-11-20(14-19)35-32(39)21-12-7-8-13-23(21)40-4/h7-16H,17-18H2,1-6H3,(H,34,37)(H,35,39). The van der Waals surface area contributed by atoms with E-state index in [0.717, 1.165) is 0 Å². The van der Waals surface area contributed by atoms with Gasteiger partial charge in [0.1, 0.15) is 34.6 Å². The predicted octanol–water partition coefficient (Wildman–Crippen LogP) is 4.57. The molecule has 3 aromatic carbocycles. The van der Waals surface area contributed by atoms with Gasteiger partial charge >= 0.3 is 5.97 Å². The molecule has 0 fully saturated rings. The summed E-state index contributed by atoms with van der Waals surface area (Å²) in [7, 11) is 4.24. The smallest absolute Gasteiger partial charge is 0.325 e. The van der Waals surface area contributed by atoms with E-state index >= 15 is 0 Å². The van der Waals surface area contributed by atoms with E-state index in [1.165, 1.54) is 33.5 Å². The van der Waals surface area contributed by atoms with Crippen LogP contribution in [0.5, 0.6) is 23.0 Å².